The molecule has 4 amide bonds. The molecule has 4 atom stereocenters. The summed E-state index contributed by atoms with van der Waals surface area (Å²) in [7, 11) is 0. The average Bonchev–Trinajstić information content (AvgIpc) is 2.87. The third kappa shape index (κ3) is 12.8. The fraction of sp³-hybridized carbons (Fsp3) is 0.478. The van der Waals surface area contributed by atoms with Gasteiger partial charge in [-0.1, -0.05) is 12.1 Å². The van der Waals surface area contributed by atoms with Crippen molar-refractivity contribution in [3.8, 4) is 5.75 Å². The van der Waals surface area contributed by atoms with E-state index in [0.29, 0.717) is 12.0 Å². The van der Waals surface area contributed by atoms with E-state index in [0.717, 1.165) is 0 Å². The predicted octanol–water partition coefficient (Wildman–Crippen LogP) is -2.95. The first-order valence-corrected chi connectivity index (χ1v) is 12.6. The summed E-state index contributed by atoms with van der Waals surface area (Å²) < 4.78 is 0. The highest BCUT2D eigenvalue weighted by Gasteiger charge is 2.30. The Morgan fingerprint density at radius 3 is 1.97 bits per heavy atom. The Balaban J connectivity index is 3.09. The van der Waals surface area contributed by atoms with Crippen LogP contribution in [0.15, 0.2) is 29.3 Å². The number of hydrogen-bond donors (Lipinski definition) is 10. The average molecular weight is 569 g/mol. The fourth-order valence-electron chi connectivity index (χ4n) is 3.29. The predicted molar refractivity (Wildman–Crippen MR) is 145 cm³/mol. The standard InChI is InChI=1S/C23H36N8O7S/c24-14(2-1-9-28-23(26)27)19(34)30-16(10-12-3-5-13(32)6-4-12)21(36)29-15(7-8-18(25)33)20(35)31-17(11-39)22(37)38/h3-6,14-17,32,39H,1-2,7-11,24H2,(H2,25,33)(H,29,36)(H,30,34)(H,31,35)(H,37,38)(H4,26,27,28). The maximum absolute atomic E-state index is 13.3. The van der Waals surface area contributed by atoms with Gasteiger partial charge >= 0.3 is 5.97 Å². The number of aromatic hydroxyl groups is 1. The summed E-state index contributed by atoms with van der Waals surface area (Å²) >= 11 is 3.89. The maximum atomic E-state index is 13.3. The molecule has 0 spiro atoms. The van der Waals surface area contributed by atoms with Crippen molar-refractivity contribution < 1.29 is 34.2 Å². The van der Waals surface area contributed by atoms with Gasteiger partial charge in [-0.15, -0.1) is 0 Å². The van der Waals surface area contributed by atoms with Crippen LogP contribution in [0.25, 0.3) is 0 Å². The number of nitrogens with zero attached hydrogens (tertiary/aromatic N) is 1. The first-order chi connectivity index (χ1) is 18.3. The molecule has 1 aromatic rings. The van der Waals surface area contributed by atoms with E-state index in [2.05, 4.69) is 33.6 Å². The van der Waals surface area contributed by atoms with E-state index in [9.17, 15) is 34.2 Å². The van der Waals surface area contributed by atoms with Crippen LogP contribution in [0.3, 0.4) is 0 Å². The van der Waals surface area contributed by atoms with E-state index in [1.807, 2.05) is 0 Å². The van der Waals surface area contributed by atoms with Crippen LogP contribution in [0.1, 0.15) is 31.2 Å². The van der Waals surface area contributed by atoms with Gasteiger partial charge < -0.3 is 49.1 Å². The molecular weight excluding hydrogens is 532 g/mol. The van der Waals surface area contributed by atoms with E-state index in [1.165, 1.54) is 12.1 Å². The van der Waals surface area contributed by atoms with E-state index in [1.54, 1.807) is 12.1 Å². The number of primary amides is 1. The van der Waals surface area contributed by atoms with Crippen LogP contribution >= 0.6 is 12.6 Å². The molecule has 216 valence electrons. The molecule has 0 aromatic heterocycles. The summed E-state index contributed by atoms with van der Waals surface area (Å²) in [5.41, 5.74) is 22.2. The number of nitrogens with one attached hydrogen (secondary N) is 3. The highest BCUT2D eigenvalue weighted by Crippen LogP contribution is 2.12. The number of guanidine groups is 1. The maximum Gasteiger partial charge on any atom is 0.327 e. The summed E-state index contributed by atoms with van der Waals surface area (Å²) in [5, 5.41) is 26.0. The molecule has 0 radical (unpaired) electrons. The van der Waals surface area contributed by atoms with Crippen LogP contribution in [0.5, 0.6) is 5.75 Å². The van der Waals surface area contributed by atoms with Crippen LogP contribution in [0.4, 0.5) is 0 Å². The van der Waals surface area contributed by atoms with Crippen LogP contribution in [-0.4, -0.2) is 82.2 Å². The monoisotopic (exact) mass is 568 g/mol. The number of aliphatic carboxylic acids is 1. The van der Waals surface area contributed by atoms with Crippen molar-refractivity contribution in [3.05, 3.63) is 29.8 Å². The molecule has 15 nitrogen and oxygen atoms in total. The molecule has 0 saturated heterocycles. The minimum absolute atomic E-state index is 0.00746. The van der Waals surface area contributed by atoms with E-state index in [-0.39, 0.29) is 49.7 Å². The topological polar surface area (TPSA) is 278 Å². The number of nitrogens with two attached hydrogens (primary N) is 4. The summed E-state index contributed by atoms with van der Waals surface area (Å²) in [6.07, 6.45) is 0.0480. The van der Waals surface area contributed by atoms with Gasteiger partial charge in [0.05, 0.1) is 6.04 Å². The van der Waals surface area contributed by atoms with Crippen LogP contribution in [0.2, 0.25) is 0 Å². The fourth-order valence-corrected chi connectivity index (χ4v) is 3.54. The third-order valence-corrected chi connectivity index (χ3v) is 5.79. The van der Waals surface area contributed by atoms with Crippen molar-refractivity contribution in [1.29, 1.82) is 0 Å². The van der Waals surface area contributed by atoms with Crippen molar-refractivity contribution in [2.24, 2.45) is 27.9 Å². The van der Waals surface area contributed by atoms with Crippen molar-refractivity contribution in [3.63, 3.8) is 0 Å². The van der Waals surface area contributed by atoms with Gasteiger partial charge in [0.25, 0.3) is 0 Å². The number of phenols is 1. The normalized spacial score (nSPS) is 13.7. The molecule has 0 aliphatic carbocycles. The van der Waals surface area contributed by atoms with E-state index < -0.39 is 53.8 Å². The third-order valence-electron chi connectivity index (χ3n) is 5.42. The number of benzene rings is 1. The molecule has 0 heterocycles. The minimum atomic E-state index is -1.35. The van der Waals surface area contributed by atoms with Crippen LogP contribution in [0, 0.1) is 0 Å². The smallest absolute Gasteiger partial charge is 0.327 e. The minimum Gasteiger partial charge on any atom is -0.508 e. The van der Waals surface area contributed by atoms with E-state index in [4.69, 9.17) is 22.9 Å². The molecule has 13 N–H and O–H groups in total. The molecule has 1 rings (SSSR count). The second kappa shape index (κ2) is 16.7. The summed E-state index contributed by atoms with van der Waals surface area (Å²) in [4.78, 5) is 65.2. The van der Waals surface area contributed by atoms with Gasteiger partial charge in [0.1, 0.15) is 23.9 Å². The number of aliphatic imine (C=N–C) groups is 1. The van der Waals surface area contributed by atoms with Gasteiger partial charge in [-0.3, -0.25) is 24.2 Å². The molecule has 16 heteroatoms. The lowest BCUT2D eigenvalue weighted by Gasteiger charge is -2.25. The lowest BCUT2D eigenvalue weighted by Crippen LogP contribution is -2.58. The van der Waals surface area contributed by atoms with Crippen LogP contribution in [-0.2, 0) is 30.4 Å². The number of phenolic OH excluding ortho intramolecular Hbond substituents is 1. The largest absolute Gasteiger partial charge is 0.508 e. The van der Waals surface area contributed by atoms with Crippen molar-refractivity contribution in [1.82, 2.24) is 16.0 Å². The van der Waals surface area contributed by atoms with Gasteiger partial charge in [-0.2, -0.15) is 12.6 Å². The molecule has 39 heavy (non-hydrogen) atoms. The first kappa shape index (κ1) is 33.0. The molecule has 1 aromatic carbocycles. The zero-order chi connectivity index (χ0) is 29.5. The van der Waals surface area contributed by atoms with Gasteiger partial charge in [0.2, 0.25) is 23.6 Å². The second-order valence-electron chi connectivity index (χ2n) is 8.64. The Labute approximate surface area is 230 Å². The van der Waals surface area contributed by atoms with E-state index >= 15 is 0 Å². The molecular formula is C23H36N8O7S. The molecule has 0 aliphatic rings. The highest BCUT2D eigenvalue weighted by molar-refractivity contribution is 7.80. The highest BCUT2D eigenvalue weighted by atomic mass is 32.1. The number of thiol groups is 1. The Morgan fingerprint density at radius 2 is 1.44 bits per heavy atom. The van der Waals surface area contributed by atoms with Crippen LogP contribution < -0.4 is 38.9 Å². The van der Waals surface area contributed by atoms with Gasteiger partial charge in [0.15, 0.2) is 5.96 Å². The number of carbonyl (C=O) groups is 5. The number of carbonyl (C=O) groups excluding carboxylic acids is 4. The van der Waals surface area contributed by atoms with Crippen molar-refractivity contribution in [2.45, 2.75) is 56.3 Å². The number of rotatable bonds is 17. The Morgan fingerprint density at radius 1 is 0.872 bits per heavy atom. The molecule has 4 unspecified atom stereocenters. The zero-order valence-corrected chi connectivity index (χ0v) is 22.1. The quantitative estimate of drug-likeness (QED) is 0.0394. The summed E-state index contributed by atoms with van der Waals surface area (Å²) in [6, 6.07) is 0.946. The Hall–Kier alpha value is -4.05. The number of amides is 4. The molecule has 0 bridgehead atoms. The lowest BCUT2D eigenvalue weighted by molar-refractivity contribution is -0.141. The Kier molecular flexibility index (Phi) is 14.1. The van der Waals surface area contributed by atoms with Crippen molar-refractivity contribution >= 4 is 48.2 Å². The first-order valence-electron chi connectivity index (χ1n) is 12.0. The van der Waals surface area contributed by atoms with Gasteiger partial charge in [-0.25, -0.2) is 4.79 Å². The molecule has 0 fully saturated rings. The number of carboxylic acid groups (broad SMARTS) is 1. The lowest BCUT2D eigenvalue weighted by atomic mass is 10.0. The second-order valence-corrected chi connectivity index (χ2v) is 9.00. The number of carboxylic acids is 1. The molecule has 0 aliphatic heterocycles. The van der Waals surface area contributed by atoms with Gasteiger partial charge in [0, 0.05) is 25.1 Å². The molecule has 0 saturated carbocycles. The zero-order valence-electron chi connectivity index (χ0n) is 21.2. The summed E-state index contributed by atoms with van der Waals surface area (Å²) in [6.45, 7) is 0.251. The number of hydrogen-bond acceptors (Lipinski definition) is 9. The summed E-state index contributed by atoms with van der Waals surface area (Å²) in [5.74, 6) is -4.75. The van der Waals surface area contributed by atoms with Crippen molar-refractivity contribution in [2.75, 3.05) is 12.3 Å². The van der Waals surface area contributed by atoms with Gasteiger partial charge in [-0.05, 0) is 37.0 Å². The SMILES string of the molecule is NC(=O)CCC(NC(=O)C(Cc1ccc(O)cc1)NC(=O)C(N)CCCN=C(N)N)C(=O)NC(CS)C(=O)O. The Bertz CT molecular complexity index is 1030.